The Morgan fingerprint density at radius 1 is 1.06 bits per heavy atom. The molecule has 2 saturated heterocycles. The van der Waals surface area contributed by atoms with Gasteiger partial charge in [0, 0.05) is 26.1 Å². The van der Waals surface area contributed by atoms with Crippen LogP contribution in [-0.2, 0) is 4.79 Å². The highest BCUT2D eigenvalue weighted by molar-refractivity contribution is 5.83. The minimum atomic E-state index is -1.09. The molecule has 2 rings (SSSR count). The van der Waals surface area contributed by atoms with E-state index in [9.17, 15) is 19.8 Å². The van der Waals surface area contributed by atoms with Crippen molar-refractivity contribution in [1.82, 2.24) is 9.80 Å². The molecule has 0 aromatic heterocycles. The number of β-amino-alcohol motifs (C(OH)–C–C–N with tert-alkyl or cyclic N) is 1. The number of nitrogens with zero attached hydrogens (tertiary/aromatic N) is 2. The van der Waals surface area contributed by atoms with Crippen LogP contribution in [0.15, 0.2) is 0 Å². The summed E-state index contributed by atoms with van der Waals surface area (Å²) in [5, 5.41) is 27.9. The summed E-state index contributed by atoms with van der Waals surface area (Å²) in [6.07, 6.45) is -0.0454. The molecule has 0 saturated carbocycles. The van der Waals surface area contributed by atoms with E-state index in [4.69, 9.17) is 5.11 Å². The first-order chi connectivity index (χ1) is 8.49. The molecule has 2 amide bonds. The van der Waals surface area contributed by atoms with E-state index >= 15 is 0 Å². The molecule has 0 aromatic rings. The Balaban J connectivity index is 2.01. The van der Waals surface area contributed by atoms with Crippen LogP contribution < -0.4 is 0 Å². The number of rotatable bonds is 1. The van der Waals surface area contributed by atoms with Gasteiger partial charge >= 0.3 is 12.0 Å². The van der Waals surface area contributed by atoms with E-state index in [0.717, 1.165) is 0 Å². The molecule has 7 nitrogen and oxygen atoms in total. The Hall–Kier alpha value is -1.34. The van der Waals surface area contributed by atoms with Crippen molar-refractivity contribution in [2.75, 3.05) is 19.6 Å². The summed E-state index contributed by atoms with van der Waals surface area (Å²) in [6.45, 7) is 0.923. The second kappa shape index (κ2) is 5.11. The van der Waals surface area contributed by atoms with Gasteiger partial charge in [0.1, 0.15) is 6.04 Å². The Kier molecular flexibility index (Phi) is 3.72. The Labute approximate surface area is 105 Å². The van der Waals surface area contributed by atoms with E-state index < -0.39 is 18.1 Å². The fourth-order valence-corrected chi connectivity index (χ4v) is 2.50. The van der Waals surface area contributed by atoms with Crippen LogP contribution in [0, 0.1) is 0 Å². The van der Waals surface area contributed by atoms with Crippen molar-refractivity contribution >= 4 is 12.0 Å². The molecule has 2 fully saturated rings. The van der Waals surface area contributed by atoms with Crippen molar-refractivity contribution in [1.29, 1.82) is 0 Å². The van der Waals surface area contributed by atoms with Crippen molar-refractivity contribution < 1.29 is 24.9 Å². The smallest absolute Gasteiger partial charge is 0.326 e. The van der Waals surface area contributed by atoms with Crippen LogP contribution in [0.2, 0.25) is 0 Å². The van der Waals surface area contributed by atoms with Crippen LogP contribution in [-0.4, -0.2) is 75.0 Å². The first kappa shape index (κ1) is 13.1. The average molecular weight is 258 g/mol. The summed E-state index contributed by atoms with van der Waals surface area (Å²) in [7, 11) is 0. The van der Waals surface area contributed by atoms with Crippen molar-refractivity contribution in [3.8, 4) is 0 Å². The second-order valence-electron chi connectivity index (χ2n) is 4.90. The zero-order valence-electron chi connectivity index (χ0n) is 10.0. The number of aliphatic carboxylic acids is 1. The first-order valence-corrected chi connectivity index (χ1v) is 6.13. The first-order valence-electron chi connectivity index (χ1n) is 6.13. The lowest BCUT2D eigenvalue weighted by Crippen LogP contribution is -2.51. The van der Waals surface area contributed by atoms with E-state index in [2.05, 4.69) is 0 Å². The monoisotopic (exact) mass is 258 g/mol. The van der Waals surface area contributed by atoms with E-state index in [1.807, 2.05) is 0 Å². The SMILES string of the molecule is O=C(O)[C@H]1C[C@@H](O)CN1C(=O)N1CCC(O)CC1. The molecule has 18 heavy (non-hydrogen) atoms. The highest BCUT2D eigenvalue weighted by atomic mass is 16.4. The highest BCUT2D eigenvalue weighted by Gasteiger charge is 2.41. The zero-order valence-corrected chi connectivity index (χ0v) is 10.0. The molecule has 2 aliphatic heterocycles. The molecule has 0 bridgehead atoms. The van der Waals surface area contributed by atoms with Gasteiger partial charge in [-0.1, -0.05) is 0 Å². The summed E-state index contributed by atoms with van der Waals surface area (Å²) in [4.78, 5) is 26.0. The fourth-order valence-electron chi connectivity index (χ4n) is 2.50. The van der Waals surface area contributed by atoms with Gasteiger partial charge in [-0.05, 0) is 12.8 Å². The second-order valence-corrected chi connectivity index (χ2v) is 4.90. The summed E-state index contributed by atoms with van der Waals surface area (Å²) in [6, 6.07) is -1.30. The molecule has 2 heterocycles. The fraction of sp³-hybridized carbons (Fsp3) is 0.818. The van der Waals surface area contributed by atoms with Crippen molar-refractivity contribution in [2.45, 2.75) is 37.5 Å². The molecule has 0 aliphatic carbocycles. The maximum absolute atomic E-state index is 12.2. The third-order valence-electron chi connectivity index (χ3n) is 3.54. The lowest BCUT2D eigenvalue weighted by molar-refractivity contribution is -0.141. The normalized spacial score (nSPS) is 29.7. The number of aliphatic hydroxyl groups is 2. The lowest BCUT2D eigenvalue weighted by Gasteiger charge is -2.34. The predicted molar refractivity (Wildman–Crippen MR) is 61.0 cm³/mol. The number of carbonyl (C=O) groups is 2. The minimum Gasteiger partial charge on any atom is -0.480 e. The molecular formula is C11H18N2O5. The molecule has 102 valence electrons. The van der Waals surface area contributed by atoms with Crippen LogP contribution in [0.1, 0.15) is 19.3 Å². The minimum absolute atomic E-state index is 0.0643. The summed E-state index contributed by atoms with van der Waals surface area (Å²) in [5.74, 6) is -1.09. The van der Waals surface area contributed by atoms with Gasteiger partial charge in [0.15, 0.2) is 0 Å². The molecule has 2 aliphatic rings. The van der Waals surface area contributed by atoms with Gasteiger partial charge in [-0.25, -0.2) is 9.59 Å². The number of likely N-dealkylation sites (tertiary alicyclic amines) is 2. The van der Waals surface area contributed by atoms with Crippen molar-refractivity contribution in [3.05, 3.63) is 0 Å². The topological polar surface area (TPSA) is 101 Å². The highest BCUT2D eigenvalue weighted by Crippen LogP contribution is 2.21. The summed E-state index contributed by atoms with van der Waals surface area (Å²) in [5.41, 5.74) is 0. The number of piperidine rings is 1. The van der Waals surface area contributed by atoms with Crippen LogP contribution in [0.4, 0.5) is 4.79 Å². The van der Waals surface area contributed by atoms with Crippen LogP contribution in [0.3, 0.4) is 0 Å². The maximum atomic E-state index is 12.2. The Morgan fingerprint density at radius 2 is 1.67 bits per heavy atom. The standard InChI is InChI=1S/C11H18N2O5/c14-7-1-3-12(4-2-7)11(18)13-6-8(15)5-9(13)10(16)17/h7-9,14-15H,1-6H2,(H,16,17)/t8-,9-/m1/s1. The van der Waals surface area contributed by atoms with Crippen molar-refractivity contribution in [3.63, 3.8) is 0 Å². The maximum Gasteiger partial charge on any atom is 0.326 e. The van der Waals surface area contributed by atoms with E-state index in [1.165, 1.54) is 4.90 Å². The molecule has 2 atom stereocenters. The number of hydrogen-bond acceptors (Lipinski definition) is 4. The number of carboxylic acids is 1. The average Bonchev–Trinajstić information content (AvgIpc) is 2.71. The van der Waals surface area contributed by atoms with Gasteiger partial charge in [-0.3, -0.25) is 0 Å². The van der Waals surface area contributed by atoms with Gasteiger partial charge in [0.05, 0.1) is 12.2 Å². The third kappa shape index (κ3) is 2.56. The van der Waals surface area contributed by atoms with Gasteiger partial charge in [-0.2, -0.15) is 0 Å². The Morgan fingerprint density at radius 3 is 2.22 bits per heavy atom. The molecule has 3 N–H and O–H groups in total. The number of carboxylic acid groups (broad SMARTS) is 1. The molecule has 0 radical (unpaired) electrons. The quantitative estimate of drug-likeness (QED) is 0.565. The molecule has 0 aromatic carbocycles. The van der Waals surface area contributed by atoms with E-state index in [1.54, 1.807) is 4.90 Å². The summed E-state index contributed by atoms with van der Waals surface area (Å²) < 4.78 is 0. The largest absolute Gasteiger partial charge is 0.480 e. The Bertz CT molecular complexity index is 340. The van der Waals surface area contributed by atoms with Gasteiger partial charge in [0.2, 0.25) is 0 Å². The number of hydrogen-bond donors (Lipinski definition) is 3. The third-order valence-corrected chi connectivity index (χ3v) is 3.54. The van der Waals surface area contributed by atoms with Crippen LogP contribution in [0.25, 0.3) is 0 Å². The van der Waals surface area contributed by atoms with Crippen molar-refractivity contribution in [2.24, 2.45) is 0 Å². The van der Waals surface area contributed by atoms with Gasteiger partial charge < -0.3 is 25.1 Å². The molecule has 0 unspecified atom stereocenters. The summed E-state index contributed by atoms with van der Waals surface area (Å²) >= 11 is 0. The zero-order chi connectivity index (χ0) is 13.3. The molecular weight excluding hydrogens is 240 g/mol. The number of carbonyl (C=O) groups excluding carboxylic acids is 1. The van der Waals surface area contributed by atoms with Gasteiger partial charge in [0.25, 0.3) is 0 Å². The molecule has 0 spiro atoms. The number of aliphatic hydroxyl groups excluding tert-OH is 2. The van der Waals surface area contributed by atoms with Crippen LogP contribution >= 0.6 is 0 Å². The van der Waals surface area contributed by atoms with Gasteiger partial charge in [-0.15, -0.1) is 0 Å². The predicted octanol–water partition coefficient (Wildman–Crippen LogP) is -0.917. The molecule has 7 heteroatoms. The van der Waals surface area contributed by atoms with E-state index in [-0.39, 0.29) is 25.1 Å². The lowest BCUT2D eigenvalue weighted by atomic mass is 10.1. The van der Waals surface area contributed by atoms with Crippen LogP contribution in [0.5, 0.6) is 0 Å². The van der Waals surface area contributed by atoms with E-state index in [0.29, 0.717) is 25.9 Å². The number of amides is 2. The number of urea groups is 1.